The molecule has 1 saturated heterocycles. The topological polar surface area (TPSA) is 29.3 Å². The fourth-order valence-corrected chi connectivity index (χ4v) is 3.53. The molecule has 0 aromatic heterocycles. The van der Waals surface area contributed by atoms with E-state index in [4.69, 9.17) is 5.73 Å². The van der Waals surface area contributed by atoms with E-state index in [0.29, 0.717) is 0 Å². The second-order valence-corrected chi connectivity index (χ2v) is 6.17. The average Bonchev–Trinajstić information content (AvgIpc) is 2.29. The Morgan fingerprint density at radius 1 is 1.38 bits per heavy atom. The SMILES string of the molecule is CC(N)c1ccc(N2CCSCC2)cc1Br. The quantitative estimate of drug-likeness (QED) is 0.910. The van der Waals surface area contributed by atoms with Gasteiger partial charge in [0.15, 0.2) is 0 Å². The highest BCUT2D eigenvalue weighted by Crippen LogP contribution is 2.28. The van der Waals surface area contributed by atoms with Gasteiger partial charge in [0.1, 0.15) is 0 Å². The lowest BCUT2D eigenvalue weighted by atomic mass is 10.1. The molecule has 1 heterocycles. The van der Waals surface area contributed by atoms with Crippen LogP contribution >= 0.6 is 27.7 Å². The lowest BCUT2D eigenvalue weighted by Gasteiger charge is -2.29. The van der Waals surface area contributed by atoms with Crippen molar-refractivity contribution < 1.29 is 0 Å². The second-order valence-electron chi connectivity index (χ2n) is 4.09. The third-order valence-corrected chi connectivity index (χ3v) is 4.48. The molecule has 0 radical (unpaired) electrons. The normalized spacial score (nSPS) is 18.6. The van der Waals surface area contributed by atoms with Crippen molar-refractivity contribution in [2.75, 3.05) is 29.5 Å². The first-order chi connectivity index (χ1) is 7.68. The highest BCUT2D eigenvalue weighted by atomic mass is 79.9. The summed E-state index contributed by atoms with van der Waals surface area (Å²) in [4.78, 5) is 2.44. The molecule has 4 heteroatoms. The summed E-state index contributed by atoms with van der Waals surface area (Å²) in [5.41, 5.74) is 8.37. The zero-order valence-corrected chi connectivity index (χ0v) is 11.9. The van der Waals surface area contributed by atoms with Gasteiger partial charge in [-0.3, -0.25) is 0 Å². The van der Waals surface area contributed by atoms with E-state index in [-0.39, 0.29) is 6.04 Å². The van der Waals surface area contributed by atoms with Crippen LogP contribution in [0.1, 0.15) is 18.5 Å². The van der Waals surface area contributed by atoms with E-state index in [1.165, 1.54) is 22.8 Å². The number of rotatable bonds is 2. The van der Waals surface area contributed by atoms with E-state index in [9.17, 15) is 0 Å². The van der Waals surface area contributed by atoms with Gasteiger partial charge >= 0.3 is 0 Å². The van der Waals surface area contributed by atoms with Crippen molar-refractivity contribution in [2.24, 2.45) is 5.73 Å². The Hall–Kier alpha value is -0.190. The molecule has 0 aliphatic carbocycles. The van der Waals surface area contributed by atoms with Gasteiger partial charge in [-0.05, 0) is 24.6 Å². The van der Waals surface area contributed by atoms with Gasteiger partial charge in [-0.25, -0.2) is 0 Å². The summed E-state index contributed by atoms with van der Waals surface area (Å²) in [5, 5.41) is 0. The molecule has 1 fully saturated rings. The largest absolute Gasteiger partial charge is 0.370 e. The van der Waals surface area contributed by atoms with Gasteiger partial charge in [0.2, 0.25) is 0 Å². The first kappa shape index (κ1) is 12.3. The summed E-state index contributed by atoms with van der Waals surface area (Å²) in [6, 6.07) is 6.58. The van der Waals surface area contributed by atoms with Crippen molar-refractivity contribution in [3.05, 3.63) is 28.2 Å². The van der Waals surface area contributed by atoms with Crippen molar-refractivity contribution in [3.63, 3.8) is 0 Å². The Labute approximate surface area is 110 Å². The maximum atomic E-state index is 5.90. The van der Waals surface area contributed by atoms with Crippen LogP contribution in [0.3, 0.4) is 0 Å². The van der Waals surface area contributed by atoms with E-state index in [1.54, 1.807) is 0 Å². The fourth-order valence-electron chi connectivity index (χ4n) is 1.90. The first-order valence-electron chi connectivity index (χ1n) is 5.56. The molecular weight excluding hydrogens is 284 g/mol. The molecule has 0 saturated carbocycles. The molecule has 1 unspecified atom stereocenters. The van der Waals surface area contributed by atoms with Gasteiger partial charge in [-0.2, -0.15) is 11.8 Å². The predicted octanol–water partition coefficient (Wildman–Crippen LogP) is 3.02. The Kier molecular flexibility index (Phi) is 4.16. The number of hydrogen-bond donors (Lipinski definition) is 1. The van der Waals surface area contributed by atoms with E-state index in [0.717, 1.165) is 17.6 Å². The molecule has 2 nitrogen and oxygen atoms in total. The molecular formula is C12H17BrN2S. The monoisotopic (exact) mass is 300 g/mol. The molecule has 0 spiro atoms. The summed E-state index contributed by atoms with van der Waals surface area (Å²) < 4.78 is 1.12. The number of anilines is 1. The molecule has 2 N–H and O–H groups in total. The molecule has 1 aromatic rings. The van der Waals surface area contributed by atoms with Crippen LogP contribution < -0.4 is 10.6 Å². The minimum Gasteiger partial charge on any atom is -0.370 e. The number of halogens is 1. The number of nitrogens with zero attached hydrogens (tertiary/aromatic N) is 1. The second kappa shape index (κ2) is 5.43. The molecule has 1 atom stereocenters. The Morgan fingerprint density at radius 2 is 2.06 bits per heavy atom. The van der Waals surface area contributed by atoms with Crippen LogP contribution in [0, 0.1) is 0 Å². The average molecular weight is 301 g/mol. The summed E-state index contributed by atoms with van der Waals surface area (Å²) in [7, 11) is 0. The standard InChI is InChI=1S/C12H17BrN2S/c1-9(14)11-3-2-10(8-12(11)13)15-4-6-16-7-5-15/h2-3,8-9H,4-7,14H2,1H3. The van der Waals surface area contributed by atoms with Crippen LogP contribution in [0.2, 0.25) is 0 Å². The summed E-state index contributed by atoms with van der Waals surface area (Å²) in [6.07, 6.45) is 0. The van der Waals surface area contributed by atoms with Gasteiger partial charge in [-0.15, -0.1) is 0 Å². The number of hydrogen-bond acceptors (Lipinski definition) is 3. The van der Waals surface area contributed by atoms with Crippen molar-refractivity contribution in [1.29, 1.82) is 0 Å². The summed E-state index contributed by atoms with van der Waals surface area (Å²) >= 11 is 5.63. The highest BCUT2D eigenvalue weighted by molar-refractivity contribution is 9.10. The summed E-state index contributed by atoms with van der Waals surface area (Å²) in [5.74, 6) is 2.46. The van der Waals surface area contributed by atoms with E-state index >= 15 is 0 Å². The molecule has 2 rings (SSSR count). The van der Waals surface area contributed by atoms with Crippen molar-refractivity contribution in [1.82, 2.24) is 0 Å². The zero-order chi connectivity index (χ0) is 11.5. The smallest absolute Gasteiger partial charge is 0.0378 e. The van der Waals surface area contributed by atoms with Crippen LogP contribution in [0.25, 0.3) is 0 Å². The fraction of sp³-hybridized carbons (Fsp3) is 0.500. The van der Waals surface area contributed by atoms with E-state index in [2.05, 4.69) is 39.0 Å². The van der Waals surface area contributed by atoms with Crippen LogP contribution in [0.4, 0.5) is 5.69 Å². The van der Waals surface area contributed by atoms with Crippen LogP contribution in [-0.2, 0) is 0 Å². The molecule has 16 heavy (non-hydrogen) atoms. The minimum absolute atomic E-state index is 0.0836. The highest BCUT2D eigenvalue weighted by Gasteiger charge is 2.13. The van der Waals surface area contributed by atoms with Crippen LogP contribution in [-0.4, -0.2) is 24.6 Å². The molecule has 1 aliphatic rings. The van der Waals surface area contributed by atoms with Crippen molar-refractivity contribution >= 4 is 33.4 Å². The minimum atomic E-state index is 0.0836. The maximum absolute atomic E-state index is 5.90. The molecule has 0 bridgehead atoms. The Bertz CT molecular complexity index is 362. The van der Waals surface area contributed by atoms with Gasteiger partial charge in [0.25, 0.3) is 0 Å². The lowest BCUT2D eigenvalue weighted by Crippen LogP contribution is -2.32. The zero-order valence-electron chi connectivity index (χ0n) is 9.45. The number of nitrogens with two attached hydrogens (primary N) is 1. The van der Waals surface area contributed by atoms with Gasteiger partial charge < -0.3 is 10.6 Å². The van der Waals surface area contributed by atoms with Gasteiger partial charge in [-0.1, -0.05) is 22.0 Å². The van der Waals surface area contributed by atoms with E-state index < -0.39 is 0 Å². The van der Waals surface area contributed by atoms with Crippen LogP contribution in [0.5, 0.6) is 0 Å². The van der Waals surface area contributed by atoms with Crippen molar-refractivity contribution in [3.8, 4) is 0 Å². The molecule has 1 aromatic carbocycles. The van der Waals surface area contributed by atoms with E-state index in [1.807, 2.05) is 18.7 Å². The molecule has 0 amide bonds. The predicted molar refractivity (Wildman–Crippen MR) is 76.3 cm³/mol. The number of thioether (sulfide) groups is 1. The Balaban J connectivity index is 2.19. The molecule has 1 aliphatic heterocycles. The third-order valence-electron chi connectivity index (χ3n) is 2.85. The van der Waals surface area contributed by atoms with Crippen molar-refractivity contribution in [2.45, 2.75) is 13.0 Å². The third kappa shape index (κ3) is 2.73. The summed E-state index contributed by atoms with van der Waals surface area (Å²) in [6.45, 7) is 4.31. The van der Waals surface area contributed by atoms with Crippen LogP contribution in [0.15, 0.2) is 22.7 Å². The number of benzene rings is 1. The first-order valence-corrected chi connectivity index (χ1v) is 7.51. The maximum Gasteiger partial charge on any atom is 0.0378 e. The molecule has 88 valence electrons. The Morgan fingerprint density at radius 3 is 2.62 bits per heavy atom. The van der Waals surface area contributed by atoms with Gasteiger partial charge in [0.05, 0.1) is 0 Å². The lowest BCUT2D eigenvalue weighted by molar-refractivity contribution is 0.809. The van der Waals surface area contributed by atoms with Gasteiger partial charge in [0, 0.05) is 40.8 Å².